The van der Waals surface area contributed by atoms with Crippen molar-refractivity contribution in [3.05, 3.63) is 89.5 Å². The molecule has 3 atom stereocenters. The summed E-state index contributed by atoms with van der Waals surface area (Å²) in [5.41, 5.74) is 0.387. The van der Waals surface area contributed by atoms with Gasteiger partial charge in [-0.15, -0.1) is 0 Å². The standard InChI is InChI=1S/C35H37F5N2O9S.Na/c1-2-52(47,48)29-13-5-22(6-14-29)30(17-18-49-32(45)16-15-31(43)44)41-33(46)23-3-9-25(10-4-23)42-20-28(19-26(42)21-50-34(36)37)51-27-11-7-24(8-12-27)35(38,39)40;/h3-14,26,28,30,34H,2,15-21H2,1H3,(H,41,46)(H,43,44);/q;+1/p-1/t26-,28-,30?;/m0./s1. The van der Waals surface area contributed by atoms with Crippen LogP contribution in [0, 0.1) is 0 Å². The van der Waals surface area contributed by atoms with Crippen LogP contribution in [0.25, 0.3) is 0 Å². The first-order valence-corrected chi connectivity index (χ1v) is 17.8. The van der Waals surface area contributed by atoms with E-state index in [-0.39, 0.29) is 84.1 Å². The third-order valence-electron chi connectivity index (χ3n) is 8.27. The molecule has 11 nitrogen and oxygen atoms in total. The monoisotopic (exact) mass is 778 g/mol. The molecule has 282 valence electrons. The maximum atomic E-state index is 13.4. The number of carbonyl (C=O) groups excluding carboxylic acids is 3. The van der Waals surface area contributed by atoms with Crippen molar-refractivity contribution in [3.8, 4) is 5.75 Å². The van der Waals surface area contributed by atoms with Crippen molar-refractivity contribution < 1.29 is 93.6 Å². The van der Waals surface area contributed by atoms with Crippen LogP contribution < -0.4 is 49.6 Å². The second kappa shape index (κ2) is 19.5. The van der Waals surface area contributed by atoms with Crippen LogP contribution in [0.3, 0.4) is 0 Å². The summed E-state index contributed by atoms with van der Waals surface area (Å²) in [7, 11) is -3.50. The van der Waals surface area contributed by atoms with Gasteiger partial charge in [-0.1, -0.05) is 19.1 Å². The summed E-state index contributed by atoms with van der Waals surface area (Å²) in [6.45, 7) is -1.92. The Hall–Kier alpha value is -3.77. The minimum Gasteiger partial charge on any atom is -0.550 e. The molecule has 0 spiro atoms. The normalized spacial score (nSPS) is 16.5. The fourth-order valence-electron chi connectivity index (χ4n) is 5.54. The first-order valence-electron chi connectivity index (χ1n) is 16.1. The van der Waals surface area contributed by atoms with E-state index in [0.717, 1.165) is 12.1 Å². The average Bonchev–Trinajstić information content (AvgIpc) is 3.51. The Morgan fingerprint density at radius 2 is 1.60 bits per heavy atom. The molecule has 1 N–H and O–H groups in total. The fourth-order valence-corrected chi connectivity index (χ4v) is 6.43. The summed E-state index contributed by atoms with van der Waals surface area (Å²) < 4.78 is 105. The number of hydrogen-bond acceptors (Lipinski definition) is 10. The Bertz CT molecular complexity index is 1780. The zero-order valence-electron chi connectivity index (χ0n) is 28.8. The van der Waals surface area contributed by atoms with Crippen molar-refractivity contribution in [2.75, 3.05) is 30.4 Å². The van der Waals surface area contributed by atoms with Gasteiger partial charge in [-0.25, -0.2) is 8.42 Å². The molecule has 0 radical (unpaired) electrons. The molecule has 0 bridgehead atoms. The number of aliphatic carboxylic acids is 1. The first kappa shape index (κ1) is 43.6. The molecule has 0 saturated carbocycles. The Labute approximate surface area is 325 Å². The van der Waals surface area contributed by atoms with Gasteiger partial charge >= 0.3 is 48.3 Å². The van der Waals surface area contributed by atoms with E-state index in [1.54, 1.807) is 17.0 Å². The smallest absolute Gasteiger partial charge is 0.550 e. The Morgan fingerprint density at radius 1 is 0.962 bits per heavy atom. The van der Waals surface area contributed by atoms with Crippen LogP contribution in [0.1, 0.15) is 60.1 Å². The number of alkyl halides is 5. The third kappa shape index (κ3) is 12.9. The minimum atomic E-state index is -4.52. The topological polar surface area (TPSA) is 151 Å². The molecule has 1 fully saturated rings. The van der Waals surface area contributed by atoms with E-state index in [0.29, 0.717) is 11.3 Å². The number of halogens is 5. The summed E-state index contributed by atoms with van der Waals surface area (Å²) in [5.74, 6) is -2.69. The quantitative estimate of drug-likeness (QED) is 0.122. The predicted molar refractivity (Wildman–Crippen MR) is 174 cm³/mol. The molecule has 1 unspecified atom stereocenters. The first-order chi connectivity index (χ1) is 24.5. The van der Waals surface area contributed by atoms with Gasteiger partial charge in [-0.2, -0.15) is 22.0 Å². The number of rotatable bonds is 17. The molecule has 1 aliphatic rings. The van der Waals surface area contributed by atoms with Crippen LogP contribution >= 0.6 is 0 Å². The number of sulfone groups is 1. The van der Waals surface area contributed by atoms with E-state index in [1.807, 2.05) is 0 Å². The van der Waals surface area contributed by atoms with E-state index in [2.05, 4.69) is 10.1 Å². The van der Waals surface area contributed by atoms with Crippen molar-refractivity contribution in [1.82, 2.24) is 5.32 Å². The van der Waals surface area contributed by atoms with Crippen molar-refractivity contribution in [2.24, 2.45) is 0 Å². The maximum Gasteiger partial charge on any atom is 1.00 e. The van der Waals surface area contributed by atoms with E-state index >= 15 is 0 Å². The predicted octanol–water partition coefficient (Wildman–Crippen LogP) is 1.70. The van der Waals surface area contributed by atoms with Crippen LogP contribution in [0.5, 0.6) is 5.75 Å². The van der Waals surface area contributed by atoms with Gasteiger partial charge < -0.3 is 34.3 Å². The fraction of sp³-hybridized carbons (Fsp3) is 0.400. The van der Waals surface area contributed by atoms with Crippen LogP contribution in [0.15, 0.2) is 77.7 Å². The molecule has 0 aromatic heterocycles. The number of carbonyl (C=O) groups is 3. The Morgan fingerprint density at radius 3 is 2.17 bits per heavy atom. The molecule has 18 heteroatoms. The van der Waals surface area contributed by atoms with E-state index in [9.17, 15) is 49.9 Å². The minimum absolute atomic E-state index is 0. The number of ether oxygens (including phenoxy) is 3. The second-order valence-corrected chi connectivity index (χ2v) is 14.1. The van der Waals surface area contributed by atoms with Gasteiger partial charge in [-0.05, 0) is 72.6 Å². The van der Waals surface area contributed by atoms with Crippen LogP contribution in [-0.4, -0.2) is 70.5 Å². The zero-order chi connectivity index (χ0) is 38.1. The van der Waals surface area contributed by atoms with Crippen LogP contribution in [-0.2, 0) is 35.1 Å². The second-order valence-electron chi connectivity index (χ2n) is 11.8. The van der Waals surface area contributed by atoms with Crippen molar-refractivity contribution >= 4 is 33.4 Å². The number of nitrogens with one attached hydrogen (secondary N) is 1. The number of esters is 1. The SMILES string of the molecule is CCS(=O)(=O)c1ccc(C(CCOC(=O)CCC(=O)[O-])NC(=O)c2ccc(N3C[C@@H](Oc4ccc(C(F)(F)F)cc4)C[C@H]3COC(F)F)cc2)cc1.[Na+]. The molecular formula is C35H36F5N2NaO9S. The molecule has 4 rings (SSSR count). The van der Waals surface area contributed by atoms with Crippen molar-refractivity contribution in [2.45, 2.75) is 68.5 Å². The molecule has 1 heterocycles. The molecular weight excluding hydrogens is 742 g/mol. The number of nitrogens with zero attached hydrogens (tertiary/aromatic N) is 1. The third-order valence-corrected chi connectivity index (χ3v) is 10.0. The van der Waals surface area contributed by atoms with Gasteiger partial charge in [0, 0.05) is 30.1 Å². The maximum absolute atomic E-state index is 13.4. The van der Waals surface area contributed by atoms with Gasteiger partial charge in [0.05, 0.1) is 54.5 Å². The number of carboxylic acid groups (broad SMARTS) is 1. The van der Waals surface area contributed by atoms with Crippen LogP contribution in [0.2, 0.25) is 0 Å². The molecule has 53 heavy (non-hydrogen) atoms. The summed E-state index contributed by atoms with van der Waals surface area (Å²) in [6.07, 6.45) is -5.75. The van der Waals surface area contributed by atoms with Gasteiger partial charge in [0.25, 0.3) is 5.91 Å². The molecule has 3 aromatic rings. The van der Waals surface area contributed by atoms with Crippen molar-refractivity contribution in [1.29, 1.82) is 0 Å². The zero-order valence-corrected chi connectivity index (χ0v) is 31.6. The molecule has 1 aliphatic heterocycles. The van der Waals surface area contributed by atoms with Gasteiger partial charge in [0.2, 0.25) is 0 Å². The largest absolute Gasteiger partial charge is 1.00 e. The number of amides is 1. The van der Waals surface area contributed by atoms with Gasteiger partial charge in [-0.3, -0.25) is 9.59 Å². The number of hydrogen-bond donors (Lipinski definition) is 1. The number of carboxylic acids is 1. The van der Waals surface area contributed by atoms with Crippen LogP contribution in [0.4, 0.5) is 27.6 Å². The summed E-state index contributed by atoms with van der Waals surface area (Å²) in [4.78, 5) is 37.8. The van der Waals surface area contributed by atoms with E-state index in [1.165, 1.54) is 55.5 Å². The summed E-state index contributed by atoms with van der Waals surface area (Å²) >= 11 is 0. The van der Waals surface area contributed by atoms with Gasteiger partial charge in [0.15, 0.2) is 9.84 Å². The number of anilines is 1. The Balaban J connectivity index is 0.00000756. The van der Waals surface area contributed by atoms with Crippen molar-refractivity contribution in [3.63, 3.8) is 0 Å². The molecule has 1 saturated heterocycles. The molecule has 1 amide bonds. The summed E-state index contributed by atoms with van der Waals surface area (Å²) in [6, 6.07) is 14.8. The average molecular weight is 779 g/mol. The van der Waals surface area contributed by atoms with Gasteiger partial charge in [0.1, 0.15) is 11.9 Å². The number of benzene rings is 3. The molecule has 3 aromatic carbocycles. The van der Waals surface area contributed by atoms with E-state index < -0.39 is 77.1 Å². The molecule has 0 aliphatic carbocycles. The summed E-state index contributed by atoms with van der Waals surface area (Å²) in [5, 5.41) is 13.5. The van der Waals surface area contributed by atoms with E-state index in [4.69, 9.17) is 9.47 Å². The Kier molecular flexibility index (Phi) is 16.1.